The molecule has 1 aliphatic heterocycles. The van der Waals surface area contributed by atoms with Crippen molar-refractivity contribution in [3.8, 4) is 0 Å². The summed E-state index contributed by atoms with van der Waals surface area (Å²) in [7, 11) is 0. The highest BCUT2D eigenvalue weighted by atomic mass is 16.5. The summed E-state index contributed by atoms with van der Waals surface area (Å²) in [5, 5.41) is 0. The van der Waals surface area contributed by atoms with E-state index < -0.39 is 0 Å². The van der Waals surface area contributed by atoms with Crippen LogP contribution in [0.15, 0.2) is 11.6 Å². The Bertz CT molecular complexity index is 249. The van der Waals surface area contributed by atoms with Crippen molar-refractivity contribution in [1.82, 2.24) is 0 Å². The van der Waals surface area contributed by atoms with Gasteiger partial charge in [-0.05, 0) is 50.5 Å². The average molecular weight is 208 g/mol. The number of ether oxygens (including phenoxy) is 1. The smallest absolute Gasteiger partial charge is 0.158 e. The molecule has 0 bridgehead atoms. The molecule has 0 N–H and O–H groups in total. The van der Waals surface area contributed by atoms with E-state index in [0.717, 1.165) is 37.9 Å². The van der Waals surface area contributed by atoms with Crippen LogP contribution in [0.3, 0.4) is 0 Å². The Kier molecular flexibility index (Phi) is 3.95. The van der Waals surface area contributed by atoms with Crippen LogP contribution in [0.4, 0.5) is 0 Å². The molecule has 1 saturated heterocycles. The van der Waals surface area contributed by atoms with Crippen molar-refractivity contribution in [3.63, 3.8) is 0 Å². The van der Waals surface area contributed by atoms with E-state index in [-0.39, 0.29) is 0 Å². The largest absolute Gasteiger partial charge is 0.378 e. The Hall–Kier alpha value is -0.630. The Morgan fingerprint density at radius 3 is 3.00 bits per heavy atom. The molecular weight excluding hydrogens is 188 g/mol. The molecule has 2 nitrogen and oxygen atoms in total. The normalized spacial score (nSPS) is 26.4. The maximum absolute atomic E-state index is 11.8. The highest BCUT2D eigenvalue weighted by Crippen LogP contribution is 2.22. The summed E-state index contributed by atoms with van der Waals surface area (Å²) >= 11 is 0. The van der Waals surface area contributed by atoms with E-state index in [2.05, 4.69) is 6.08 Å². The van der Waals surface area contributed by atoms with E-state index in [9.17, 15) is 4.79 Å². The van der Waals surface area contributed by atoms with Crippen LogP contribution < -0.4 is 0 Å². The first-order valence-electron chi connectivity index (χ1n) is 6.20. The molecule has 0 spiro atoms. The molecule has 2 aliphatic rings. The van der Waals surface area contributed by atoms with Crippen LogP contribution in [0, 0.1) is 0 Å². The monoisotopic (exact) mass is 208 g/mol. The molecule has 0 aromatic carbocycles. The number of hydrogen-bond donors (Lipinski definition) is 0. The highest BCUT2D eigenvalue weighted by Gasteiger charge is 2.18. The van der Waals surface area contributed by atoms with Gasteiger partial charge in [-0.25, -0.2) is 0 Å². The molecule has 0 aromatic heterocycles. The van der Waals surface area contributed by atoms with E-state index >= 15 is 0 Å². The number of ketones is 1. The van der Waals surface area contributed by atoms with E-state index in [0.29, 0.717) is 18.3 Å². The van der Waals surface area contributed by atoms with E-state index in [1.54, 1.807) is 0 Å². The van der Waals surface area contributed by atoms with Gasteiger partial charge in [-0.3, -0.25) is 4.79 Å². The molecule has 1 heterocycles. The van der Waals surface area contributed by atoms with E-state index in [1.165, 1.54) is 19.3 Å². The zero-order valence-electron chi connectivity index (χ0n) is 9.34. The number of allylic oxidation sites excluding steroid dienone is 2. The second kappa shape index (κ2) is 5.45. The van der Waals surface area contributed by atoms with Gasteiger partial charge in [-0.1, -0.05) is 6.08 Å². The predicted molar refractivity (Wildman–Crippen MR) is 59.8 cm³/mol. The van der Waals surface area contributed by atoms with Crippen LogP contribution in [0.25, 0.3) is 0 Å². The third-order valence-corrected chi connectivity index (χ3v) is 3.37. The van der Waals surface area contributed by atoms with Crippen molar-refractivity contribution < 1.29 is 9.53 Å². The van der Waals surface area contributed by atoms with Crippen molar-refractivity contribution in [1.29, 1.82) is 0 Å². The van der Waals surface area contributed by atoms with Crippen LogP contribution in [0.2, 0.25) is 0 Å². The molecule has 1 unspecified atom stereocenters. The first-order chi connectivity index (χ1) is 7.36. The Labute approximate surface area is 91.7 Å². The van der Waals surface area contributed by atoms with Crippen molar-refractivity contribution >= 4 is 5.78 Å². The molecule has 2 rings (SSSR count). The number of hydrogen-bond acceptors (Lipinski definition) is 2. The zero-order chi connectivity index (χ0) is 10.5. The molecule has 0 saturated carbocycles. The topological polar surface area (TPSA) is 26.3 Å². The third kappa shape index (κ3) is 3.16. The summed E-state index contributed by atoms with van der Waals surface area (Å²) in [6.07, 6.45) is 11.0. The molecule has 0 radical (unpaired) electrons. The molecule has 1 atom stereocenters. The first kappa shape index (κ1) is 10.9. The van der Waals surface area contributed by atoms with Gasteiger partial charge < -0.3 is 4.74 Å². The quantitative estimate of drug-likeness (QED) is 0.710. The van der Waals surface area contributed by atoms with Gasteiger partial charge in [-0.15, -0.1) is 0 Å². The van der Waals surface area contributed by atoms with Crippen LogP contribution >= 0.6 is 0 Å². The SMILES string of the molecule is O=C(CCC1CCCCO1)C1=CCCC1. The Balaban J connectivity index is 1.70. The molecule has 0 amide bonds. The average Bonchev–Trinajstić information content (AvgIpc) is 2.81. The van der Waals surface area contributed by atoms with Gasteiger partial charge in [0.05, 0.1) is 6.10 Å². The van der Waals surface area contributed by atoms with Gasteiger partial charge >= 0.3 is 0 Å². The highest BCUT2D eigenvalue weighted by molar-refractivity contribution is 5.95. The molecule has 15 heavy (non-hydrogen) atoms. The zero-order valence-corrected chi connectivity index (χ0v) is 9.34. The van der Waals surface area contributed by atoms with Crippen LogP contribution in [0.1, 0.15) is 51.4 Å². The first-order valence-corrected chi connectivity index (χ1v) is 6.20. The lowest BCUT2D eigenvalue weighted by Gasteiger charge is -2.22. The fraction of sp³-hybridized carbons (Fsp3) is 0.769. The summed E-state index contributed by atoms with van der Waals surface area (Å²) in [6, 6.07) is 0. The standard InChI is InChI=1S/C13H20O2/c14-13(11-5-1-2-6-11)9-8-12-7-3-4-10-15-12/h5,12H,1-4,6-10H2. The van der Waals surface area contributed by atoms with Gasteiger partial charge in [0.2, 0.25) is 0 Å². The number of Topliss-reactive ketones (excluding diaryl/α,β-unsaturated/α-hetero) is 1. The summed E-state index contributed by atoms with van der Waals surface area (Å²) < 4.78 is 5.62. The summed E-state index contributed by atoms with van der Waals surface area (Å²) in [5.41, 5.74) is 1.07. The molecule has 0 aromatic rings. The van der Waals surface area contributed by atoms with E-state index in [4.69, 9.17) is 4.74 Å². The fourth-order valence-electron chi connectivity index (χ4n) is 2.41. The third-order valence-electron chi connectivity index (χ3n) is 3.37. The summed E-state index contributed by atoms with van der Waals surface area (Å²) in [4.78, 5) is 11.8. The van der Waals surface area contributed by atoms with Crippen LogP contribution in [-0.4, -0.2) is 18.5 Å². The molecular formula is C13H20O2. The minimum Gasteiger partial charge on any atom is -0.378 e. The predicted octanol–water partition coefficient (Wildman–Crippen LogP) is 3.02. The van der Waals surface area contributed by atoms with E-state index in [1.807, 2.05) is 0 Å². The van der Waals surface area contributed by atoms with Crippen LogP contribution in [0.5, 0.6) is 0 Å². The van der Waals surface area contributed by atoms with Gasteiger partial charge in [0.25, 0.3) is 0 Å². The number of carbonyl (C=O) groups is 1. The Morgan fingerprint density at radius 1 is 1.40 bits per heavy atom. The molecule has 84 valence electrons. The molecule has 1 fully saturated rings. The van der Waals surface area contributed by atoms with Gasteiger partial charge in [0.1, 0.15) is 0 Å². The van der Waals surface area contributed by atoms with Crippen molar-refractivity contribution in [2.45, 2.75) is 57.5 Å². The maximum Gasteiger partial charge on any atom is 0.158 e. The lowest BCUT2D eigenvalue weighted by atomic mass is 10.00. The number of carbonyl (C=O) groups excluding carboxylic acids is 1. The second-order valence-electron chi connectivity index (χ2n) is 4.57. The van der Waals surface area contributed by atoms with Crippen molar-refractivity contribution in [2.75, 3.05) is 6.61 Å². The van der Waals surface area contributed by atoms with Crippen molar-refractivity contribution in [3.05, 3.63) is 11.6 Å². The fourth-order valence-corrected chi connectivity index (χ4v) is 2.41. The summed E-state index contributed by atoms with van der Waals surface area (Å²) in [6.45, 7) is 0.890. The van der Waals surface area contributed by atoms with Crippen LogP contribution in [-0.2, 0) is 9.53 Å². The Morgan fingerprint density at radius 2 is 2.33 bits per heavy atom. The molecule has 2 heteroatoms. The lowest BCUT2D eigenvalue weighted by molar-refractivity contribution is -0.116. The van der Waals surface area contributed by atoms with Gasteiger partial charge in [0, 0.05) is 13.0 Å². The van der Waals surface area contributed by atoms with Gasteiger partial charge in [-0.2, -0.15) is 0 Å². The van der Waals surface area contributed by atoms with Gasteiger partial charge in [0.15, 0.2) is 5.78 Å². The minimum absolute atomic E-state index is 0.352. The minimum atomic E-state index is 0.352. The maximum atomic E-state index is 11.8. The molecule has 1 aliphatic carbocycles. The number of rotatable bonds is 4. The summed E-state index contributed by atoms with van der Waals surface area (Å²) in [5.74, 6) is 0.363. The second-order valence-corrected chi connectivity index (χ2v) is 4.57. The van der Waals surface area contributed by atoms with Crippen molar-refractivity contribution in [2.24, 2.45) is 0 Å². The lowest BCUT2D eigenvalue weighted by Crippen LogP contribution is -2.20.